The van der Waals surface area contributed by atoms with Gasteiger partial charge in [0.15, 0.2) is 0 Å². The molecule has 1 aromatic heterocycles. The lowest BCUT2D eigenvalue weighted by Crippen LogP contribution is -2.05. The highest BCUT2D eigenvalue weighted by molar-refractivity contribution is 7.09. The first kappa shape index (κ1) is 10.6. The molecule has 1 aromatic carbocycles. The van der Waals surface area contributed by atoms with E-state index in [9.17, 15) is 4.79 Å². The van der Waals surface area contributed by atoms with E-state index in [1.807, 2.05) is 24.3 Å². The Labute approximate surface area is 96.7 Å². The number of benzene rings is 1. The lowest BCUT2D eigenvalue weighted by atomic mass is 10.3. The van der Waals surface area contributed by atoms with Crippen molar-refractivity contribution in [2.45, 2.75) is 6.92 Å². The van der Waals surface area contributed by atoms with Gasteiger partial charge in [-0.2, -0.15) is 0 Å². The van der Waals surface area contributed by atoms with Crippen molar-refractivity contribution < 1.29 is 4.79 Å². The predicted molar refractivity (Wildman–Crippen MR) is 63.9 cm³/mol. The van der Waals surface area contributed by atoms with Gasteiger partial charge in [0, 0.05) is 29.8 Å². The maximum Gasteiger partial charge on any atom is 0.221 e. The van der Waals surface area contributed by atoms with Crippen molar-refractivity contribution in [2.24, 2.45) is 0 Å². The van der Waals surface area contributed by atoms with Gasteiger partial charge in [-0.15, -0.1) is 5.10 Å². The van der Waals surface area contributed by atoms with Crippen LogP contribution in [0.1, 0.15) is 6.92 Å². The van der Waals surface area contributed by atoms with Gasteiger partial charge in [0.1, 0.15) is 5.00 Å². The number of nitrogens with one attached hydrogen (secondary N) is 2. The molecule has 2 aromatic rings. The summed E-state index contributed by atoms with van der Waals surface area (Å²) in [5, 5.41) is 10.5. The zero-order chi connectivity index (χ0) is 11.4. The van der Waals surface area contributed by atoms with Crippen LogP contribution in [0.5, 0.6) is 0 Å². The van der Waals surface area contributed by atoms with E-state index in [0.717, 1.165) is 16.4 Å². The summed E-state index contributed by atoms with van der Waals surface area (Å²) in [5.41, 5.74) is 1.71. The van der Waals surface area contributed by atoms with Gasteiger partial charge in [-0.25, -0.2) is 0 Å². The SMILES string of the molecule is CC(=O)Nc1ccc(Nc2cnns2)cc1. The second-order valence-electron chi connectivity index (χ2n) is 3.17. The fourth-order valence-electron chi connectivity index (χ4n) is 1.20. The van der Waals surface area contributed by atoms with Crippen LogP contribution in [0.4, 0.5) is 16.4 Å². The molecule has 1 heterocycles. The van der Waals surface area contributed by atoms with Crippen LogP contribution in [0.2, 0.25) is 0 Å². The Balaban J connectivity index is 2.05. The largest absolute Gasteiger partial charge is 0.345 e. The third kappa shape index (κ3) is 2.77. The molecule has 0 aliphatic rings. The molecule has 2 rings (SSSR count). The Morgan fingerprint density at radius 2 is 1.94 bits per heavy atom. The molecule has 0 bridgehead atoms. The molecule has 0 saturated carbocycles. The molecule has 1 amide bonds. The Kier molecular flexibility index (Phi) is 3.11. The summed E-state index contributed by atoms with van der Waals surface area (Å²) in [6.45, 7) is 1.48. The van der Waals surface area contributed by atoms with Crippen molar-refractivity contribution in [2.75, 3.05) is 10.6 Å². The van der Waals surface area contributed by atoms with Crippen LogP contribution in [-0.2, 0) is 4.79 Å². The number of aromatic nitrogens is 2. The Morgan fingerprint density at radius 1 is 1.25 bits per heavy atom. The van der Waals surface area contributed by atoms with Gasteiger partial charge < -0.3 is 10.6 Å². The second-order valence-corrected chi connectivity index (χ2v) is 3.95. The van der Waals surface area contributed by atoms with Crippen LogP contribution in [-0.4, -0.2) is 15.5 Å². The maximum absolute atomic E-state index is 10.8. The lowest BCUT2D eigenvalue weighted by Gasteiger charge is -2.04. The summed E-state index contributed by atoms with van der Waals surface area (Å²) in [5.74, 6) is -0.0765. The Hall–Kier alpha value is -1.95. The average Bonchev–Trinajstić information content (AvgIpc) is 2.73. The standard InChI is InChI=1S/C10H10N4OS/c1-7(15)12-8-2-4-9(5-3-8)13-10-6-11-14-16-10/h2-6,13H,1H3,(H,12,15). The monoisotopic (exact) mass is 234 g/mol. The first-order valence-corrected chi connectivity index (χ1v) is 5.43. The zero-order valence-corrected chi connectivity index (χ0v) is 9.41. The molecule has 0 radical (unpaired) electrons. The molecule has 0 saturated heterocycles. The number of anilines is 3. The molecule has 0 fully saturated rings. The molecule has 16 heavy (non-hydrogen) atoms. The number of amides is 1. The normalized spacial score (nSPS) is 9.81. The zero-order valence-electron chi connectivity index (χ0n) is 8.60. The number of carbonyl (C=O) groups is 1. The van der Waals surface area contributed by atoms with Crippen LogP contribution >= 0.6 is 11.5 Å². The molecule has 0 aliphatic heterocycles. The van der Waals surface area contributed by atoms with Crippen LogP contribution in [0, 0.1) is 0 Å². The minimum absolute atomic E-state index is 0.0765. The second kappa shape index (κ2) is 4.71. The third-order valence-electron chi connectivity index (χ3n) is 1.83. The van der Waals surface area contributed by atoms with Crippen LogP contribution < -0.4 is 10.6 Å². The molecular weight excluding hydrogens is 224 g/mol. The van der Waals surface area contributed by atoms with E-state index in [4.69, 9.17) is 0 Å². The summed E-state index contributed by atoms with van der Waals surface area (Å²) >= 11 is 1.29. The maximum atomic E-state index is 10.8. The summed E-state index contributed by atoms with van der Waals surface area (Å²) in [7, 11) is 0. The topological polar surface area (TPSA) is 66.9 Å². The molecule has 0 aliphatic carbocycles. The van der Waals surface area contributed by atoms with Crippen molar-refractivity contribution in [1.82, 2.24) is 9.59 Å². The van der Waals surface area contributed by atoms with E-state index in [1.165, 1.54) is 18.5 Å². The third-order valence-corrected chi connectivity index (χ3v) is 2.41. The lowest BCUT2D eigenvalue weighted by molar-refractivity contribution is -0.114. The highest BCUT2D eigenvalue weighted by atomic mass is 32.1. The van der Waals surface area contributed by atoms with Crippen molar-refractivity contribution in [3.8, 4) is 0 Å². The van der Waals surface area contributed by atoms with Crippen LogP contribution in [0.15, 0.2) is 30.5 Å². The Bertz CT molecular complexity index is 466. The number of rotatable bonds is 3. The summed E-state index contributed by atoms with van der Waals surface area (Å²) in [6.07, 6.45) is 1.66. The number of carbonyl (C=O) groups excluding carboxylic acids is 1. The minimum Gasteiger partial charge on any atom is -0.345 e. The molecule has 2 N–H and O–H groups in total. The number of nitrogens with zero attached hydrogens (tertiary/aromatic N) is 2. The predicted octanol–water partition coefficient (Wildman–Crippen LogP) is 2.24. The fraction of sp³-hybridized carbons (Fsp3) is 0.100. The van der Waals surface area contributed by atoms with E-state index in [0.29, 0.717) is 0 Å². The van der Waals surface area contributed by atoms with E-state index < -0.39 is 0 Å². The molecule has 82 valence electrons. The molecule has 0 unspecified atom stereocenters. The molecular formula is C10H10N4OS. The van der Waals surface area contributed by atoms with Gasteiger partial charge >= 0.3 is 0 Å². The van der Waals surface area contributed by atoms with Crippen molar-refractivity contribution in [3.05, 3.63) is 30.5 Å². The molecule has 0 spiro atoms. The molecule has 0 atom stereocenters. The van der Waals surface area contributed by atoms with Gasteiger partial charge in [-0.05, 0) is 24.3 Å². The summed E-state index contributed by atoms with van der Waals surface area (Å²) in [4.78, 5) is 10.8. The minimum atomic E-state index is -0.0765. The fourth-order valence-corrected chi connectivity index (χ4v) is 1.64. The summed E-state index contributed by atoms with van der Waals surface area (Å²) < 4.78 is 3.75. The van der Waals surface area contributed by atoms with E-state index in [1.54, 1.807) is 6.20 Å². The first-order chi connectivity index (χ1) is 7.74. The van der Waals surface area contributed by atoms with E-state index in [2.05, 4.69) is 20.2 Å². The van der Waals surface area contributed by atoms with Crippen LogP contribution in [0.25, 0.3) is 0 Å². The molecule has 6 heteroatoms. The highest BCUT2D eigenvalue weighted by Gasteiger charge is 1.98. The quantitative estimate of drug-likeness (QED) is 0.854. The average molecular weight is 234 g/mol. The van der Waals surface area contributed by atoms with Gasteiger partial charge in [-0.3, -0.25) is 4.79 Å². The number of hydrogen-bond acceptors (Lipinski definition) is 5. The highest BCUT2D eigenvalue weighted by Crippen LogP contribution is 2.20. The van der Waals surface area contributed by atoms with Crippen molar-refractivity contribution in [3.63, 3.8) is 0 Å². The van der Waals surface area contributed by atoms with Gasteiger partial charge in [0.25, 0.3) is 0 Å². The van der Waals surface area contributed by atoms with Gasteiger partial charge in [0.2, 0.25) is 5.91 Å². The van der Waals surface area contributed by atoms with Crippen molar-refractivity contribution in [1.29, 1.82) is 0 Å². The Morgan fingerprint density at radius 3 is 2.50 bits per heavy atom. The summed E-state index contributed by atoms with van der Waals surface area (Å²) in [6, 6.07) is 7.42. The van der Waals surface area contributed by atoms with Crippen LogP contribution in [0.3, 0.4) is 0 Å². The van der Waals surface area contributed by atoms with Gasteiger partial charge in [0.05, 0.1) is 6.20 Å². The first-order valence-electron chi connectivity index (χ1n) is 4.66. The smallest absolute Gasteiger partial charge is 0.221 e. The number of hydrogen-bond donors (Lipinski definition) is 2. The van der Waals surface area contributed by atoms with E-state index >= 15 is 0 Å². The van der Waals surface area contributed by atoms with Gasteiger partial charge in [-0.1, -0.05) is 4.49 Å². The molecule has 5 nitrogen and oxygen atoms in total. The van der Waals surface area contributed by atoms with E-state index in [-0.39, 0.29) is 5.91 Å². The van der Waals surface area contributed by atoms with Crippen molar-refractivity contribution >= 4 is 33.8 Å².